The van der Waals surface area contributed by atoms with E-state index < -0.39 is 5.25 Å². The predicted molar refractivity (Wildman–Crippen MR) is 130 cm³/mol. The first kappa shape index (κ1) is 22.6. The number of nitrogens with zero attached hydrogens (tertiary/aromatic N) is 1. The third-order valence-corrected chi connectivity index (χ3v) is 6.49. The Morgan fingerprint density at radius 1 is 1.03 bits per heavy atom. The predicted octanol–water partition coefficient (Wildman–Crippen LogP) is 5.07. The van der Waals surface area contributed by atoms with Crippen LogP contribution in [0.15, 0.2) is 77.7 Å². The molecule has 1 atom stereocenters. The van der Waals surface area contributed by atoms with Crippen LogP contribution in [0.1, 0.15) is 29.3 Å². The molecule has 3 amide bonds. The summed E-state index contributed by atoms with van der Waals surface area (Å²) in [4.78, 5) is 40.1. The Morgan fingerprint density at radius 3 is 2.39 bits per heavy atom. The Balaban J connectivity index is 1.40. The third kappa shape index (κ3) is 5.09. The fourth-order valence-corrected chi connectivity index (χ4v) is 4.69. The van der Waals surface area contributed by atoms with Crippen molar-refractivity contribution in [1.29, 1.82) is 0 Å². The molecule has 1 fully saturated rings. The number of carbonyl (C=O) groups excluding carboxylic acids is 3. The monoisotopic (exact) mass is 460 g/mol. The summed E-state index contributed by atoms with van der Waals surface area (Å²) < 4.78 is 5.42. The van der Waals surface area contributed by atoms with Gasteiger partial charge >= 0.3 is 0 Å². The number of nitrogens with one attached hydrogen (secondary N) is 1. The second kappa shape index (κ2) is 9.92. The summed E-state index contributed by atoms with van der Waals surface area (Å²) in [5.74, 6) is 0.0757. The van der Waals surface area contributed by atoms with Crippen molar-refractivity contribution in [3.05, 3.63) is 83.9 Å². The highest BCUT2D eigenvalue weighted by Crippen LogP contribution is 2.35. The summed E-state index contributed by atoms with van der Waals surface area (Å²) in [6.07, 6.45) is 0.141. The van der Waals surface area contributed by atoms with Gasteiger partial charge in [0.05, 0.1) is 17.5 Å². The van der Waals surface area contributed by atoms with Gasteiger partial charge in [-0.2, -0.15) is 0 Å². The number of thioether (sulfide) groups is 1. The lowest BCUT2D eigenvalue weighted by atomic mass is 10.1. The third-order valence-electron chi connectivity index (χ3n) is 5.29. The smallest absolute Gasteiger partial charge is 0.255 e. The number of hydrogen-bond acceptors (Lipinski definition) is 5. The largest absolute Gasteiger partial charge is 0.494 e. The van der Waals surface area contributed by atoms with E-state index in [1.54, 1.807) is 42.5 Å². The van der Waals surface area contributed by atoms with Crippen molar-refractivity contribution in [1.82, 2.24) is 0 Å². The van der Waals surface area contributed by atoms with Gasteiger partial charge in [-0.3, -0.25) is 14.4 Å². The average Bonchev–Trinajstić information content (AvgIpc) is 3.09. The standard InChI is InChI=1S/C26H24N2O4S/c1-3-32-20-12-10-19(11-13-20)28-24(29)16-23(26(28)31)33-21-14-8-18(9-15-21)27-25(30)22-7-5-4-6-17(22)2/h4-15,23H,3,16H2,1-2H3,(H,27,30). The minimum absolute atomic E-state index is 0.141. The van der Waals surface area contributed by atoms with Crippen LogP contribution in [0.5, 0.6) is 5.75 Å². The molecule has 0 saturated carbocycles. The maximum atomic E-state index is 12.9. The van der Waals surface area contributed by atoms with Crippen molar-refractivity contribution in [3.8, 4) is 5.75 Å². The highest BCUT2D eigenvalue weighted by molar-refractivity contribution is 8.00. The molecule has 33 heavy (non-hydrogen) atoms. The molecule has 1 aliphatic rings. The molecule has 0 spiro atoms. The number of amides is 3. The van der Waals surface area contributed by atoms with E-state index in [9.17, 15) is 14.4 Å². The highest BCUT2D eigenvalue weighted by atomic mass is 32.2. The molecule has 7 heteroatoms. The fourth-order valence-electron chi connectivity index (χ4n) is 3.63. The van der Waals surface area contributed by atoms with E-state index in [4.69, 9.17) is 4.74 Å². The van der Waals surface area contributed by atoms with E-state index in [0.717, 1.165) is 10.5 Å². The molecule has 3 aromatic rings. The number of imide groups is 1. The first-order valence-electron chi connectivity index (χ1n) is 10.7. The second-order valence-corrected chi connectivity index (χ2v) is 8.87. The van der Waals surface area contributed by atoms with Crippen molar-refractivity contribution in [2.45, 2.75) is 30.4 Å². The maximum absolute atomic E-state index is 12.9. The van der Waals surface area contributed by atoms with Crippen LogP contribution in [0.3, 0.4) is 0 Å². The quantitative estimate of drug-likeness (QED) is 0.498. The van der Waals surface area contributed by atoms with Crippen molar-refractivity contribution in [3.63, 3.8) is 0 Å². The Kier molecular flexibility index (Phi) is 6.79. The Bertz CT molecular complexity index is 1180. The number of carbonyl (C=O) groups is 3. The summed E-state index contributed by atoms with van der Waals surface area (Å²) in [5.41, 5.74) is 2.74. The summed E-state index contributed by atoms with van der Waals surface area (Å²) in [6.45, 7) is 4.34. The number of ether oxygens (including phenoxy) is 1. The van der Waals surface area contributed by atoms with E-state index in [-0.39, 0.29) is 24.1 Å². The van der Waals surface area contributed by atoms with Gasteiger partial charge in [0.2, 0.25) is 11.8 Å². The van der Waals surface area contributed by atoms with Crippen LogP contribution in [-0.2, 0) is 9.59 Å². The zero-order valence-corrected chi connectivity index (χ0v) is 19.2. The van der Waals surface area contributed by atoms with Gasteiger partial charge < -0.3 is 10.1 Å². The Morgan fingerprint density at radius 2 is 1.73 bits per heavy atom. The zero-order chi connectivity index (χ0) is 23.4. The Labute approximate surface area is 196 Å². The van der Waals surface area contributed by atoms with Crippen molar-refractivity contribution in [2.24, 2.45) is 0 Å². The summed E-state index contributed by atoms with van der Waals surface area (Å²) in [5, 5.41) is 2.40. The molecule has 6 nitrogen and oxygen atoms in total. The lowest BCUT2D eigenvalue weighted by Crippen LogP contribution is -2.31. The van der Waals surface area contributed by atoms with Gasteiger partial charge in [0, 0.05) is 22.6 Å². The van der Waals surface area contributed by atoms with Crippen LogP contribution >= 0.6 is 11.8 Å². The highest BCUT2D eigenvalue weighted by Gasteiger charge is 2.40. The van der Waals surface area contributed by atoms with Gasteiger partial charge in [-0.25, -0.2) is 4.90 Å². The van der Waals surface area contributed by atoms with Crippen molar-refractivity contribution < 1.29 is 19.1 Å². The number of benzene rings is 3. The number of hydrogen-bond donors (Lipinski definition) is 1. The van der Waals surface area contributed by atoms with E-state index in [0.29, 0.717) is 29.3 Å². The van der Waals surface area contributed by atoms with Gasteiger partial charge in [0.1, 0.15) is 5.75 Å². The molecule has 0 aromatic heterocycles. The molecule has 1 aliphatic heterocycles. The molecule has 4 rings (SSSR count). The molecular formula is C26H24N2O4S. The molecule has 1 N–H and O–H groups in total. The van der Waals surface area contributed by atoms with Gasteiger partial charge in [-0.1, -0.05) is 18.2 Å². The van der Waals surface area contributed by atoms with Gasteiger partial charge in [-0.15, -0.1) is 11.8 Å². The number of rotatable bonds is 7. The molecule has 0 aliphatic carbocycles. The molecule has 168 valence electrons. The normalized spacial score (nSPS) is 15.6. The van der Waals surface area contributed by atoms with Crippen LogP contribution < -0.4 is 15.0 Å². The topological polar surface area (TPSA) is 75.7 Å². The van der Waals surface area contributed by atoms with Gasteiger partial charge in [0.25, 0.3) is 5.91 Å². The number of aryl methyl sites for hydroxylation is 1. The van der Waals surface area contributed by atoms with Crippen LogP contribution in [-0.4, -0.2) is 29.6 Å². The zero-order valence-electron chi connectivity index (χ0n) is 18.4. The first-order valence-corrected chi connectivity index (χ1v) is 11.6. The molecule has 1 unspecified atom stereocenters. The minimum Gasteiger partial charge on any atom is -0.494 e. The molecule has 0 bridgehead atoms. The van der Waals surface area contributed by atoms with Crippen LogP contribution in [0.25, 0.3) is 0 Å². The molecule has 1 heterocycles. The average molecular weight is 461 g/mol. The van der Waals surface area contributed by atoms with Crippen LogP contribution in [0.2, 0.25) is 0 Å². The lowest BCUT2D eigenvalue weighted by Gasteiger charge is -2.15. The Hall–Kier alpha value is -3.58. The first-order chi connectivity index (χ1) is 16.0. The molecular weight excluding hydrogens is 436 g/mol. The van der Waals surface area contributed by atoms with Crippen molar-refractivity contribution >= 4 is 40.9 Å². The second-order valence-electron chi connectivity index (χ2n) is 7.60. The fraction of sp³-hybridized carbons (Fsp3) is 0.192. The van der Waals surface area contributed by atoms with Crippen LogP contribution in [0, 0.1) is 6.92 Å². The molecule has 0 radical (unpaired) electrons. The number of anilines is 2. The summed E-state index contributed by atoms with van der Waals surface area (Å²) in [6, 6.07) is 21.6. The lowest BCUT2D eigenvalue weighted by molar-refractivity contribution is -0.121. The maximum Gasteiger partial charge on any atom is 0.255 e. The van der Waals surface area contributed by atoms with E-state index >= 15 is 0 Å². The SMILES string of the molecule is CCOc1ccc(N2C(=O)CC(Sc3ccc(NC(=O)c4ccccc4C)cc3)C2=O)cc1. The van der Waals surface area contributed by atoms with Crippen molar-refractivity contribution in [2.75, 3.05) is 16.8 Å². The van der Waals surface area contributed by atoms with Gasteiger partial charge in [0.15, 0.2) is 0 Å². The van der Waals surface area contributed by atoms with Crippen LogP contribution in [0.4, 0.5) is 11.4 Å². The van der Waals surface area contributed by atoms with Gasteiger partial charge in [-0.05, 0) is 74.0 Å². The molecule has 3 aromatic carbocycles. The summed E-state index contributed by atoms with van der Waals surface area (Å²) in [7, 11) is 0. The summed E-state index contributed by atoms with van der Waals surface area (Å²) >= 11 is 1.35. The molecule has 1 saturated heterocycles. The van der Waals surface area contributed by atoms with E-state index in [1.807, 2.05) is 44.2 Å². The minimum atomic E-state index is -0.489. The van der Waals surface area contributed by atoms with E-state index in [2.05, 4.69) is 5.32 Å². The van der Waals surface area contributed by atoms with E-state index in [1.165, 1.54) is 16.7 Å².